The monoisotopic (exact) mass is 393 g/mol. The van der Waals surface area contributed by atoms with E-state index in [1.165, 1.54) is 0 Å². The van der Waals surface area contributed by atoms with Gasteiger partial charge in [-0.15, -0.1) is 0 Å². The number of nitrogens with two attached hydrogens (primary N) is 1. The minimum absolute atomic E-state index is 0.241. The fourth-order valence-corrected chi connectivity index (χ4v) is 4.54. The highest BCUT2D eigenvalue weighted by Crippen LogP contribution is 2.28. The molecule has 0 aliphatic carbocycles. The van der Waals surface area contributed by atoms with Crippen molar-refractivity contribution in [2.75, 3.05) is 4.72 Å². The van der Waals surface area contributed by atoms with E-state index in [1.54, 1.807) is 18.2 Å². The van der Waals surface area contributed by atoms with Crippen molar-refractivity contribution in [3.63, 3.8) is 0 Å². The Labute approximate surface area is 164 Å². The smallest absolute Gasteiger partial charge is 0.261 e. The second-order valence-electron chi connectivity index (χ2n) is 7.79. The van der Waals surface area contributed by atoms with Gasteiger partial charge in [0.1, 0.15) is 0 Å². The molecule has 0 aliphatic rings. The zero-order valence-electron chi connectivity index (χ0n) is 15.9. The average molecular weight is 394 g/mol. The minimum Gasteiger partial charge on any atom is -0.346 e. The Bertz CT molecular complexity index is 1270. The van der Waals surface area contributed by atoms with Gasteiger partial charge in [0.25, 0.3) is 10.0 Å². The summed E-state index contributed by atoms with van der Waals surface area (Å²) in [6.07, 6.45) is 1.94. The number of sulfonamides is 1. The van der Waals surface area contributed by atoms with Crippen molar-refractivity contribution < 1.29 is 8.42 Å². The predicted molar refractivity (Wildman–Crippen MR) is 115 cm³/mol. The number of hydrogen-bond acceptors (Lipinski definition) is 3. The van der Waals surface area contributed by atoms with Crippen molar-refractivity contribution in [2.24, 2.45) is 5.73 Å². The molecule has 1 heterocycles. The van der Waals surface area contributed by atoms with Gasteiger partial charge in [-0.25, -0.2) is 8.42 Å². The molecule has 0 aliphatic heterocycles. The van der Waals surface area contributed by atoms with Gasteiger partial charge in [0.05, 0.1) is 16.1 Å². The van der Waals surface area contributed by atoms with E-state index in [1.807, 2.05) is 73.1 Å². The van der Waals surface area contributed by atoms with E-state index in [0.29, 0.717) is 12.2 Å². The van der Waals surface area contributed by atoms with Crippen molar-refractivity contribution in [3.8, 4) is 0 Å². The molecule has 0 unspecified atom stereocenters. The summed E-state index contributed by atoms with van der Waals surface area (Å²) in [6.45, 7) is 4.56. The first kappa shape index (κ1) is 18.5. The molecular formula is C22H23N3O2S. The summed E-state index contributed by atoms with van der Waals surface area (Å²) in [5, 5.41) is 2.74. The zero-order valence-corrected chi connectivity index (χ0v) is 16.7. The maximum absolute atomic E-state index is 13.0. The third-order valence-electron chi connectivity index (χ3n) is 4.67. The van der Waals surface area contributed by atoms with E-state index >= 15 is 0 Å². The molecule has 144 valence electrons. The van der Waals surface area contributed by atoms with E-state index < -0.39 is 10.0 Å². The van der Waals surface area contributed by atoms with Crippen LogP contribution in [0, 0.1) is 0 Å². The fraction of sp³-hybridized carbons (Fsp3) is 0.182. The van der Waals surface area contributed by atoms with E-state index in [0.717, 1.165) is 21.7 Å². The van der Waals surface area contributed by atoms with Gasteiger partial charge in [0.15, 0.2) is 0 Å². The molecule has 0 atom stereocenters. The van der Waals surface area contributed by atoms with Crippen LogP contribution >= 0.6 is 0 Å². The molecule has 4 aromatic rings. The third-order valence-corrected chi connectivity index (χ3v) is 6.03. The summed E-state index contributed by atoms with van der Waals surface area (Å²) < 4.78 is 30.8. The molecule has 3 N–H and O–H groups in total. The number of aromatic nitrogens is 1. The lowest BCUT2D eigenvalue weighted by Crippen LogP contribution is -2.36. The largest absolute Gasteiger partial charge is 0.346 e. The van der Waals surface area contributed by atoms with Crippen molar-refractivity contribution in [1.82, 2.24) is 4.57 Å². The molecule has 28 heavy (non-hydrogen) atoms. The molecule has 0 bridgehead atoms. The van der Waals surface area contributed by atoms with E-state index in [9.17, 15) is 8.42 Å². The highest BCUT2D eigenvalue weighted by Gasteiger charge is 2.18. The average Bonchev–Trinajstić information content (AvgIpc) is 3.03. The summed E-state index contributed by atoms with van der Waals surface area (Å²) in [6, 6.07) is 20.4. The molecule has 0 amide bonds. The van der Waals surface area contributed by atoms with Gasteiger partial charge >= 0.3 is 0 Å². The van der Waals surface area contributed by atoms with Gasteiger partial charge in [0, 0.05) is 23.7 Å². The van der Waals surface area contributed by atoms with Crippen molar-refractivity contribution in [2.45, 2.75) is 30.8 Å². The first-order chi connectivity index (χ1) is 13.2. The maximum Gasteiger partial charge on any atom is 0.261 e. The number of anilines is 1. The maximum atomic E-state index is 13.0. The van der Waals surface area contributed by atoms with Crippen molar-refractivity contribution >= 4 is 37.4 Å². The van der Waals surface area contributed by atoms with Crippen LogP contribution in [-0.2, 0) is 16.6 Å². The topological polar surface area (TPSA) is 77.1 Å². The van der Waals surface area contributed by atoms with E-state index in [-0.39, 0.29) is 10.4 Å². The third kappa shape index (κ3) is 3.61. The molecule has 0 radical (unpaired) electrons. The number of fused-ring (bicyclic) bond motifs is 2. The number of benzene rings is 3. The lowest BCUT2D eigenvalue weighted by Gasteiger charge is -2.20. The number of hydrogen-bond donors (Lipinski definition) is 2. The van der Waals surface area contributed by atoms with Crippen LogP contribution in [0.4, 0.5) is 5.69 Å². The van der Waals surface area contributed by atoms with Crippen LogP contribution in [0.15, 0.2) is 77.8 Å². The molecule has 5 nitrogen and oxygen atoms in total. The molecule has 0 spiro atoms. The molecule has 3 aromatic carbocycles. The molecule has 0 saturated carbocycles. The Balaban J connectivity index is 1.72. The number of nitrogens with one attached hydrogen (secondary N) is 1. The Morgan fingerprint density at radius 2 is 1.71 bits per heavy atom. The van der Waals surface area contributed by atoms with Crippen LogP contribution in [0.5, 0.6) is 0 Å². The minimum atomic E-state index is -3.71. The molecule has 1 aromatic heterocycles. The molecular weight excluding hydrogens is 370 g/mol. The lowest BCUT2D eigenvalue weighted by atomic mass is 10.1. The lowest BCUT2D eigenvalue weighted by molar-refractivity contribution is 0.441. The van der Waals surface area contributed by atoms with Gasteiger partial charge in [-0.1, -0.05) is 36.4 Å². The Morgan fingerprint density at radius 1 is 0.964 bits per heavy atom. The molecule has 0 fully saturated rings. The Morgan fingerprint density at radius 3 is 2.46 bits per heavy atom. The summed E-state index contributed by atoms with van der Waals surface area (Å²) in [7, 11) is -3.71. The Hall–Kier alpha value is -2.83. The second-order valence-corrected chi connectivity index (χ2v) is 9.47. The SMILES string of the molecule is CC(C)(N)Cn1ccc2c(NS(=O)(=O)c3ccc4ccccc4c3)cccc21. The van der Waals surface area contributed by atoms with Gasteiger partial charge in [-0.3, -0.25) is 4.72 Å². The normalized spacial score (nSPS) is 12.5. The summed E-state index contributed by atoms with van der Waals surface area (Å²) >= 11 is 0. The summed E-state index contributed by atoms with van der Waals surface area (Å²) in [5.41, 5.74) is 7.27. The second kappa shape index (κ2) is 6.65. The van der Waals surface area contributed by atoms with Gasteiger partial charge in [-0.2, -0.15) is 0 Å². The highest BCUT2D eigenvalue weighted by atomic mass is 32.2. The summed E-state index contributed by atoms with van der Waals surface area (Å²) in [4.78, 5) is 0.241. The van der Waals surface area contributed by atoms with E-state index in [4.69, 9.17) is 5.73 Å². The Kier molecular flexibility index (Phi) is 4.40. The van der Waals surface area contributed by atoms with E-state index in [2.05, 4.69) is 4.72 Å². The fourth-order valence-electron chi connectivity index (χ4n) is 3.43. The van der Waals surface area contributed by atoms with Crippen LogP contribution in [0.1, 0.15) is 13.8 Å². The van der Waals surface area contributed by atoms with Gasteiger partial charge in [-0.05, 0) is 55.0 Å². The number of nitrogens with zero attached hydrogens (tertiary/aromatic N) is 1. The van der Waals surface area contributed by atoms with Crippen LogP contribution in [-0.4, -0.2) is 18.5 Å². The van der Waals surface area contributed by atoms with Crippen molar-refractivity contribution in [3.05, 3.63) is 72.9 Å². The predicted octanol–water partition coefficient (Wildman–Crippen LogP) is 4.33. The zero-order chi connectivity index (χ0) is 19.9. The quantitative estimate of drug-likeness (QED) is 0.530. The molecule has 4 rings (SSSR count). The van der Waals surface area contributed by atoms with Crippen LogP contribution < -0.4 is 10.5 Å². The highest BCUT2D eigenvalue weighted by molar-refractivity contribution is 7.92. The first-order valence-electron chi connectivity index (χ1n) is 9.11. The van der Waals surface area contributed by atoms with Gasteiger partial charge < -0.3 is 10.3 Å². The first-order valence-corrected chi connectivity index (χ1v) is 10.6. The van der Waals surface area contributed by atoms with Gasteiger partial charge in [0.2, 0.25) is 0 Å². The number of rotatable bonds is 5. The standard InChI is InChI=1S/C22H23N3O2S/c1-22(2,23)15-25-13-12-19-20(8-5-9-21(19)25)24-28(26,27)18-11-10-16-6-3-4-7-17(16)14-18/h3-14,24H,15,23H2,1-2H3. The summed E-state index contributed by atoms with van der Waals surface area (Å²) in [5.74, 6) is 0. The van der Waals surface area contributed by atoms with Crippen LogP contribution in [0.3, 0.4) is 0 Å². The molecule has 0 saturated heterocycles. The molecule has 6 heteroatoms. The van der Waals surface area contributed by atoms with Crippen LogP contribution in [0.25, 0.3) is 21.7 Å². The van der Waals surface area contributed by atoms with Crippen molar-refractivity contribution in [1.29, 1.82) is 0 Å². The van der Waals surface area contributed by atoms with Crippen LogP contribution in [0.2, 0.25) is 0 Å².